The van der Waals surface area contributed by atoms with Crippen LogP contribution in [0.5, 0.6) is 0 Å². The fourth-order valence-electron chi connectivity index (χ4n) is 3.29. The molecule has 6 nitrogen and oxygen atoms in total. The molecule has 0 fully saturated rings. The number of nitrogens with zero attached hydrogens (tertiary/aromatic N) is 1. The molecule has 3 aromatic rings. The third-order valence-corrected chi connectivity index (χ3v) is 6.15. The first-order chi connectivity index (χ1) is 14.6. The van der Waals surface area contributed by atoms with Gasteiger partial charge in [0.25, 0.3) is 5.91 Å². The standard InChI is InChI=1S/C21H20Cl2FN3O3S/c1-11(28)7-15-10-16(12(2)27(15)19-5-3-13(24)8-17(19)22)21(29)26-14-4-6-20(31(25)30)18(23)9-14/h3-6,8-11,28H,7,25H2,1-2H3,(H,26,29). The van der Waals surface area contributed by atoms with Gasteiger partial charge in [-0.1, -0.05) is 23.2 Å². The van der Waals surface area contributed by atoms with Crippen molar-refractivity contribution in [1.29, 1.82) is 0 Å². The van der Waals surface area contributed by atoms with Crippen LogP contribution in [-0.2, 0) is 17.4 Å². The minimum absolute atomic E-state index is 0.167. The maximum atomic E-state index is 13.5. The van der Waals surface area contributed by atoms with Gasteiger partial charge in [0.15, 0.2) is 0 Å². The van der Waals surface area contributed by atoms with Gasteiger partial charge in [-0.3, -0.25) is 4.79 Å². The molecule has 1 amide bonds. The first-order valence-corrected chi connectivity index (χ1v) is 11.2. The molecular formula is C21H20Cl2FN3O3S. The van der Waals surface area contributed by atoms with Crippen LogP contribution < -0.4 is 10.5 Å². The summed E-state index contributed by atoms with van der Waals surface area (Å²) < 4.78 is 26.7. The number of amides is 1. The summed E-state index contributed by atoms with van der Waals surface area (Å²) >= 11 is 12.3. The lowest BCUT2D eigenvalue weighted by Crippen LogP contribution is -2.14. The van der Waals surface area contributed by atoms with Crippen LogP contribution in [0.4, 0.5) is 10.1 Å². The van der Waals surface area contributed by atoms with Crippen molar-refractivity contribution in [3.8, 4) is 5.69 Å². The van der Waals surface area contributed by atoms with Crippen LogP contribution in [0, 0.1) is 12.7 Å². The number of nitrogens with two attached hydrogens (primary N) is 1. The Hall–Kier alpha value is -2.23. The van der Waals surface area contributed by atoms with Crippen LogP contribution in [0.25, 0.3) is 5.69 Å². The Morgan fingerprint density at radius 1 is 1.23 bits per heavy atom. The van der Waals surface area contributed by atoms with Gasteiger partial charge < -0.3 is 15.0 Å². The fraction of sp³-hybridized carbons (Fsp3) is 0.190. The van der Waals surface area contributed by atoms with E-state index in [0.717, 1.165) is 0 Å². The molecule has 1 heterocycles. The fourth-order valence-corrected chi connectivity index (χ4v) is 4.41. The van der Waals surface area contributed by atoms with E-state index in [0.29, 0.717) is 28.3 Å². The van der Waals surface area contributed by atoms with Crippen molar-refractivity contribution in [3.63, 3.8) is 0 Å². The number of nitrogens with one attached hydrogen (secondary N) is 1. The first-order valence-electron chi connectivity index (χ1n) is 9.20. The van der Waals surface area contributed by atoms with Crippen molar-refractivity contribution in [2.75, 3.05) is 5.32 Å². The Kier molecular flexibility index (Phi) is 7.18. The van der Waals surface area contributed by atoms with Crippen molar-refractivity contribution in [3.05, 3.63) is 75.3 Å². The van der Waals surface area contributed by atoms with Crippen LogP contribution in [0.1, 0.15) is 28.7 Å². The molecule has 164 valence electrons. The second-order valence-electron chi connectivity index (χ2n) is 7.02. The highest BCUT2D eigenvalue weighted by atomic mass is 35.5. The quantitative estimate of drug-likeness (QED) is 0.484. The average Bonchev–Trinajstić information content (AvgIpc) is 2.97. The minimum Gasteiger partial charge on any atom is -0.393 e. The maximum absolute atomic E-state index is 13.5. The summed E-state index contributed by atoms with van der Waals surface area (Å²) in [6.07, 6.45) is -0.420. The van der Waals surface area contributed by atoms with Gasteiger partial charge in [-0.2, -0.15) is 0 Å². The van der Waals surface area contributed by atoms with Gasteiger partial charge in [-0.05, 0) is 56.3 Å². The van der Waals surface area contributed by atoms with E-state index in [1.54, 1.807) is 30.5 Å². The van der Waals surface area contributed by atoms with Gasteiger partial charge in [-0.15, -0.1) is 0 Å². The third-order valence-electron chi connectivity index (χ3n) is 4.63. The number of rotatable bonds is 6. The molecule has 31 heavy (non-hydrogen) atoms. The number of aliphatic hydroxyl groups excluding tert-OH is 1. The SMILES string of the molecule is Cc1c(C(=O)Nc2ccc(S(N)=O)c(Cl)c2)cc(CC(C)O)n1-c1ccc(F)cc1Cl. The molecule has 0 aliphatic rings. The van der Waals surface area contributed by atoms with E-state index in [1.165, 1.54) is 30.3 Å². The van der Waals surface area contributed by atoms with Crippen molar-refractivity contribution < 1.29 is 18.5 Å². The molecule has 0 saturated heterocycles. The van der Waals surface area contributed by atoms with Crippen LogP contribution in [0.15, 0.2) is 47.4 Å². The smallest absolute Gasteiger partial charge is 0.257 e. The first kappa shape index (κ1) is 23.4. The van der Waals surface area contributed by atoms with Crippen LogP contribution in [0.3, 0.4) is 0 Å². The molecule has 2 atom stereocenters. The van der Waals surface area contributed by atoms with Crippen LogP contribution in [0.2, 0.25) is 10.0 Å². The van der Waals surface area contributed by atoms with Gasteiger partial charge in [-0.25, -0.2) is 13.7 Å². The summed E-state index contributed by atoms with van der Waals surface area (Å²) in [5.74, 6) is -0.897. The summed E-state index contributed by atoms with van der Waals surface area (Å²) in [5, 5.41) is 18.4. The van der Waals surface area contributed by atoms with E-state index in [-0.39, 0.29) is 21.4 Å². The minimum atomic E-state index is -1.74. The van der Waals surface area contributed by atoms with Gasteiger partial charge in [0.1, 0.15) is 16.8 Å². The van der Waals surface area contributed by atoms with Crippen molar-refractivity contribution in [1.82, 2.24) is 4.57 Å². The molecular weight excluding hydrogens is 464 g/mol. The molecule has 0 aliphatic carbocycles. The molecule has 0 radical (unpaired) electrons. The van der Waals surface area contributed by atoms with Gasteiger partial charge in [0.05, 0.1) is 32.3 Å². The summed E-state index contributed by atoms with van der Waals surface area (Å²) in [6.45, 7) is 3.36. The van der Waals surface area contributed by atoms with E-state index in [1.807, 2.05) is 0 Å². The van der Waals surface area contributed by atoms with Crippen LogP contribution in [-0.4, -0.2) is 25.9 Å². The lowest BCUT2D eigenvalue weighted by atomic mass is 10.2. The zero-order chi connectivity index (χ0) is 22.9. The number of carbonyl (C=O) groups excluding carboxylic acids is 1. The number of aromatic nitrogens is 1. The lowest BCUT2D eigenvalue weighted by Gasteiger charge is -2.15. The number of hydrogen-bond donors (Lipinski definition) is 3. The Morgan fingerprint density at radius 2 is 1.94 bits per heavy atom. The van der Waals surface area contributed by atoms with Gasteiger partial charge in [0, 0.05) is 23.5 Å². The summed E-state index contributed by atoms with van der Waals surface area (Å²) in [7, 11) is -1.74. The van der Waals surface area contributed by atoms with Crippen molar-refractivity contribution in [2.45, 2.75) is 31.3 Å². The Labute approximate surface area is 191 Å². The molecule has 3 rings (SSSR count). The number of hydrogen-bond acceptors (Lipinski definition) is 3. The average molecular weight is 484 g/mol. The molecule has 0 aliphatic heterocycles. The lowest BCUT2D eigenvalue weighted by molar-refractivity contribution is 0.102. The number of halogens is 3. The molecule has 10 heteroatoms. The predicted molar refractivity (Wildman–Crippen MR) is 121 cm³/mol. The topological polar surface area (TPSA) is 97.3 Å². The van der Waals surface area contributed by atoms with E-state index < -0.39 is 28.8 Å². The highest BCUT2D eigenvalue weighted by molar-refractivity contribution is 7.82. The monoisotopic (exact) mass is 483 g/mol. The summed E-state index contributed by atoms with van der Waals surface area (Å²) in [5.41, 5.74) is 2.44. The number of anilines is 1. The van der Waals surface area contributed by atoms with E-state index in [2.05, 4.69) is 5.32 Å². The largest absolute Gasteiger partial charge is 0.393 e. The summed E-state index contributed by atoms with van der Waals surface area (Å²) in [6, 6.07) is 10.1. The highest BCUT2D eigenvalue weighted by Gasteiger charge is 2.21. The Balaban J connectivity index is 2.01. The zero-order valence-corrected chi connectivity index (χ0v) is 19.0. The van der Waals surface area contributed by atoms with Crippen molar-refractivity contribution in [2.24, 2.45) is 5.14 Å². The highest BCUT2D eigenvalue weighted by Crippen LogP contribution is 2.29. The third kappa shape index (κ3) is 5.16. The Bertz CT molecular complexity index is 1180. The van der Waals surface area contributed by atoms with E-state index >= 15 is 0 Å². The normalized spacial score (nSPS) is 13.1. The number of carbonyl (C=O) groups is 1. The molecule has 1 aromatic heterocycles. The molecule has 0 saturated carbocycles. The van der Waals surface area contributed by atoms with Crippen molar-refractivity contribution >= 4 is 45.8 Å². The molecule has 2 unspecified atom stereocenters. The second-order valence-corrected chi connectivity index (χ2v) is 8.86. The second kappa shape index (κ2) is 9.50. The number of aliphatic hydroxyl groups is 1. The molecule has 4 N–H and O–H groups in total. The maximum Gasteiger partial charge on any atom is 0.257 e. The van der Waals surface area contributed by atoms with E-state index in [4.69, 9.17) is 28.3 Å². The van der Waals surface area contributed by atoms with Gasteiger partial charge >= 0.3 is 0 Å². The molecule has 2 aromatic carbocycles. The molecule has 0 bridgehead atoms. The number of benzene rings is 2. The van der Waals surface area contributed by atoms with Crippen LogP contribution >= 0.6 is 23.2 Å². The predicted octanol–water partition coefficient (Wildman–Crippen LogP) is 4.39. The van der Waals surface area contributed by atoms with Gasteiger partial charge in [0.2, 0.25) is 0 Å². The van der Waals surface area contributed by atoms with E-state index in [9.17, 15) is 18.5 Å². The summed E-state index contributed by atoms with van der Waals surface area (Å²) in [4.78, 5) is 13.2. The zero-order valence-electron chi connectivity index (χ0n) is 16.7. The molecule has 0 spiro atoms. The Morgan fingerprint density at radius 3 is 2.52 bits per heavy atom.